The van der Waals surface area contributed by atoms with E-state index in [9.17, 15) is 4.79 Å². The lowest BCUT2D eigenvalue weighted by molar-refractivity contribution is -0.124. The van der Waals surface area contributed by atoms with Gasteiger partial charge in [-0.2, -0.15) is 0 Å². The van der Waals surface area contributed by atoms with E-state index in [1.54, 1.807) is 11.3 Å². The number of rotatable bonds is 3. The van der Waals surface area contributed by atoms with Crippen molar-refractivity contribution in [3.8, 4) is 0 Å². The first kappa shape index (κ1) is 11.2. The van der Waals surface area contributed by atoms with Crippen molar-refractivity contribution < 1.29 is 4.79 Å². The number of nitrogens with zero attached hydrogens (tertiary/aromatic N) is 1. The first-order valence-electron chi connectivity index (χ1n) is 4.71. The van der Waals surface area contributed by atoms with Crippen LogP contribution in [0.5, 0.6) is 0 Å². The molecule has 0 aromatic carbocycles. The summed E-state index contributed by atoms with van der Waals surface area (Å²) < 4.78 is 0. The van der Waals surface area contributed by atoms with Gasteiger partial charge in [0.15, 0.2) is 0 Å². The molecule has 0 unspecified atom stereocenters. The minimum Gasteiger partial charge on any atom is -0.351 e. The van der Waals surface area contributed by atoms with E-state index < -0.39 is 0 Å². The Morgan fingerprint density at radius 3 is 2.57 bits per heavy atom. The van der Waals surface area contributed by atoms with Gasteiger partial charge in [-0.15, -0.1) is 11.3 Å². The molecule has 0 saturated carbocycles. The molecule has 14 heavy (non-hydrogen) atoms. The van der Waals surface area contributed by atoms with Crippen LogP contribution in [0.1, 0.15) is 29.4 Å². The molecule has 1 heterocycles. The maximum absolute atomic E-state index is 11.3. The van der Waals surface area contributed by atoms with E-state index in [-0.39, 0.29) is 11.8 Å². The highest BCUT2D eigenvalue weighted by Crippen LogP contribution is 2.16. The highest BCUT2D eigenvalue weighted by Gasteiger charge is 2.09. The van der Waals surface area contributed by atoms with Crippen LogP contribution in [-0.4, -0.2) is 10.9 Å². The van der Waals surface area contributed by atoms with Gasteiger partial charge >= 0.3 is 0 Å². The van der Waals surface area contributed by atoms with Gasteiger partial charge in [-0.05, 0) is 13.8 Å². The number of amides is 1. The minimum absolute atomic E-state index is 0.0457. The van der Waals surface area contributed by atoms with Crippen LogP contribution in [0.3, 0.4) is 0 Å². The van der Waals surface area contributed by atoms with Gasteiger partial charge in [0.05, 0.1) is 17.2 Å². The van der Waals surface area contributed by atoms with E-state index in [0.29, 0.717) is 6.54 Å². The standard InChI is InChI=1S/C10H16N2OS/c1-6(2)10(13)11-5-9-7(3)12-8(4)14-9/h6H,5H2,1-4H3,(H,11,13). The van der Waals surface area contributed by atoms with Gasteiger partial charge in [0.25, 0.3) is 0 Å². The molecule has 4 heteroatoms. The summed E-state index contributed by atoms with van der Waals surface area (Å²) in [6, 6.07) is 0. The van der Waals surface area contributed by atoms with Crippen molar-refractivity contribution in [2.24, 2.45) is 5.92 Å². The van der Waals surface area contributed by atoms with Crippen LogP contribution < -0.4 is 5.32 Å². The average molecular weight is 212 g/mol. The van der Waals surface area contributed by atoms with Crippen molar-refractivity contribution in [2.75, 3.05) is 0 Å². The third-order valence-electron chi connectivity index (χ3n) is 1.95. The van der Waals surface area contributed by atoms with Crippen molar-refractivity contribution >= 4 is 17.2 Å². The Kier molecular flexibility index (Phi) is 3.63. The molecule has 3 nitrogen and oxygen atoms in total. The molecule has 78 valence electrons. The predicted molar refractivity (Wildman–Crippen MR) is 58.3 cm³/mol. The Balaban J connectivity index is 2.54. The highest BCUT2D eigenvalue weighted by molar-refractivity contribution is 7.11. The lowest BCUT2D eigenvalue weighted by Gasteiger charge is -2.05. The van der Waals surface area contributed by atoms with E-state index in [4.69, 9.17) is 0 Å². The fraction of sp³-hybridized carbons (Fsp3) is 0.600. The monoisotopic (exact) mass is 212 g/mol. The van der Waals surface area contributed by atoms with E-state index in [1.807, 2.05) is 27.7 Å². The second kappa shape index (κ2) is 4.55. The molecular weight excluding hydrogens is 196 g/mol. The van der Waals surface area contributed by atoms with Crippen LogP contribution in [0.4, 0.5) is 0 Å². The Hall–Kier alpha value is -0.900. The summed E-state index contributed by atoms with van der Waals surface area (Å²) in [4.78, 5) is 16.8. The SMILES string of the molecule is Cc1nc(C)c(CNC(=O)C(C)C)s1. The average Bonchev–Trinajstić information content (AvgIpc) is 2.40. The summed E-state index contributed by atoms with van der Waals surface area (Å²) in [6.07, 6.45) is 0. The van der Waals surface area contributed by atoms with Gasteiger partial charge in [-0.3, -0.25) is 4.79 Å². The van der Waals surface area contributed by atoms with Gasteiger partial charge in [0.2, 0.25) is 5.91 Å². The van der Waals surface area contributed by atoms with Crippen molar-refractivity contribution in [1.29, 1.82) is 0 Å². The van der Waals surface area contributed by atoms with Gasteiger partial charge in [0.1, 0.15) is 0 Å². The van der Waals surface area contributed by atoms with Crippen LogP contribution in [-0.2, 0) is 11.3 Å². The van der Waals surface area contributed by atoms with E-state index in [1.165, 1.54) is 0 Å². The number of nitrogens with one attached hydrogen (secondary N) is 1. The first-order chi connectivity index (χ1) is 6.50. The molecule has 0 spiro atoms. The fourth-order valence-electron chi connectivity index (χ4n) is 1.11. The number of hydrogen-bond donors (Lipinski definition) is 1. The molecule has 0 saturated heterocycles. The number of aromatic nitrogens is 1. The van der Waals surface area contributed by atoms with Crippen LogP contribution in [0.15, 0.2) is 0 Å². The van der Waals surface area contributed by atoms with Gasteiger partial charge < -0.3 is 5.32 Å². The zero-order chi connectivity index (χ0) is 10.7. The summed E-state index contributed by atoms with van der Waals surface area (Å²) >= 11 is 1.64. The van der Waals surface area contributed by atoms with Crippen molar-refractivity contribution in [2.45, 2.75) is 34.2 Å². The lowest BCUT2D eigenvalue weighted by atomic mass is 10.2. The maximum atomic E-state index is 11.3. The first-order valence-corrected chi connectivity index (χ1v) is 5.53. The molecule has 1 rings (SSSR count). The Morgan fingerprint density at radius 1 is 1.50 bits per heavy atom. The molecule has 0 fully saturated rings. The molecule has 0 atom stereocenters. The highest BCUT2D eigenvalue weighted by atomic mass is 32.1. The third kappa shape index (κ3) is 2.80. The Bertz CT molecular complexity index is 331. The molecular formula is C10H16N2OS. The number of aryl methyl sites for hydroxylation is 2. The normalized spacial score (nSPS) is 10.6. The van der Waals surface area contributed by atoms with E-state index in [2.05, 4.69) is 10.3 Å². The van der Waals surface area contributed by atoms with Crippen LogP contribution in [0.25, 0.3) is 0 Å². The minimum atomic E-state index is 0.0457. The van der Waals surface area contributed by atoms with Crippen LogP contribution >= 0.6 is 11.3 Å². The number of carbonyl (C=O) groups excluding carboxylic acids is 1. The molecule has 0 radical (unpaired) electrons. The molecule has 1 N–H and O–H groups in total. The molecule has 0 aliphatic rings. The topological polar surface area (TPSA) is 42.0 Å². The molecule has 0 bridgehead atoms. The summed E-state index contributed by atoms with van der Waals surface area (Å²) in [5.74, 6) is 0.139. The largest absolute Gasteiger partial charge is 0.351 e. The quantitative estimate of drug-likeness (QED) is 0.833. The molecule has 0 aliphatic carbocycles. The van der Waals surface area contributed by atoms with Gasteiger partial charge in [-0.25, -0.2) is 4.98 Å². The van der Waals surface area contributed by atoms with E-state index in [0.717, 1.165) is 15.6 Å². The number of thiazole rings is 1. The van der Waals surface area contributed by atoms with Crippen LogP contribution in [0.2, 0.25) is 0 Å². The summed E-state index contributed by atoms with van der Waals surface area (Å²) in [5.41, 5.74) is 1.02. The van der Waals surface area contributed by atoms with E-state index >= 15 is 0 Å². The second-order valence-corrected chi connectivity index (χ2v) is 4.90. The second-order valence-electron chi connectivity index (χ2n) is 3.61. The number of hydrogen-bond acceptors (Lipinski definition) is 3. The van der Waals surface area contributed by atoms with Gasteiger partial charge in [-0.1, -0.05) is 13.8 Å². The molecule has 1 aromatic rings. The zero-order valence-corrected chi connectivity index (χ0v) is 9.86. The molecule has 0 aliphatic heterocycles. The molecule has 1 aromatic heterocycles. The van der Waals surface area contributed by atoms with Gasteiger partial charge in [0, 0.05) is 10.8 Å². The van der Waals surface area contributed by atoms with Crippen molar-refractivity contribution in [3.63, 3.8) is 0 Å². The molecule has 1 amide bonds. The van der Waals surface area contributed by atoms with Crippen molar-refractivity contribution in [3.05, 3.63) is 15.6 Å². The number of carbonyl (C=O) groups is 1. The predicted octanol–water partition coefficient (Wildman–Crippen LogP) is 2.03. The summed E-state index contributed by atoms with van der Waals surface area (Å²) in [5, 5.41) is 3.94. The van der Waals surface area contributed by atoms with Crippen molar-refractivity contribution in [1.82, 2.24) is 10.3 Å². The zero-order valence-electron chi connectivity index (χ0n) is 9.05. The third-order valence-corrected chi connectivity index (χ3v) is 3.02. The Labute approximate surface area is 88.6 Å². The fourth-order valence-corrected chi connectivity index (χ4v) is 1.99. The lowest BCUT2D eigenvalue weighted by Crippen LogP contribution is -2.26. The van der Waals surface area contributed by atoms with Crippen LogP contribution in [0, 0.1) is 19.8 Å². The Morgan fingerprint density at radius 2 is 2.14 bits per heavy atom. The maximum Gasteiger partial charge on any atom is 0.222 e. The summed E-state index contributed by atoms with van der Waals surface area (Å²) in [6.45, 7) is 8.33. The smallest absolute Gasteiger partial charge is 0.222 e. The summed E-state index contributed by atoms with van der Waals surface area (Å²) in [7, 11) is 0.